The number of amides is 1. The summed E-state index contributed by atoms with van der Waals surface area (Å²) in [7, 11) is 1.79. The fourth-order valence-electron chi connectivity index (χ4n) is 1.57. The van der Waals surface area contributed by atoms with Crippen LogP contribution in [0.4, 0.5) is 0 Å². The Balaban J connectivity index is 2.13. The molecule has 1 saturated heterocycles. The zero-order valence-corrected chi connectivity index (χ0v) is 11.7. The van der Waals surface area contributed by atoms with E-state index in [2.05, 4.69) is 5.10 Å². The van der Waals surface area contributed by atoms with Gasteiger partial charge in [0.1, 0.15) is 4.32 Å². The Labute approximate surface area is 119 Å². The Morgan fingerprint density at radius 3 is 2.95 bits per heavy atom. The number of hydrogen-bond donors (Lipinski definition) is 1. The van der Waals surface area contributed by atoms with E-state index in [0.29, 0.717) is 9.23 Å². The lowest BCUT2D eigenvalue weighted by atomic mass is 10.3. The Morgan fingerprint density at radius 2 is 2.37 bits per heavy atom. The normalized spacial score (nSPS) is 17.5. The zero-order valence-electron chi connectivity index (χ0n) is 10.1. The average Bonchev–Trinajstić information content (AvgIpc) is 2.83. The molecule has 0 bridgehead atoms. The van der Waals surface area contributed by atoms with Crippen molar-refractivity contribution in [3.63, 3.8) is 0 Å². The van der Waals surface area contributed by atoms with Crippen molar-refractivity contribution in [1.29, 1.82) is 0 Å². The molecule has 2 heterocycles. The second kappa shape index (κ2) is 5.54. The minimum absolute atomic E-state index is 0.102. The molecule has 0 saturated carbocycles. The molecule has 1 N–H and O–H groups in total. The number of rotatable bonds is 4. The van der Waals surface area contributed by atoms with Crippen molar-refractivity contribution in [1.82, 2.24) is 14.7 Å². The molecule has 6 nitrogen and oxygen atoms in total. The molecule has 1 aromatic rings. The number of nitrogens with zero attached hydrogens (tertiary/aromatic N) is 3. The van der Waals surface area contributed by atoms with Gasteiger partial charge in [0.2, 0.25) is 0 Å². The molecular weight excluding hydrogens is 286 g/mol. The first-order chi connectivity index (χ1) is 8.97. The van der Waals surface area contributed by atoms with Crippen molar-refractivity contribution in [3.05, 3.63) is 22.9 Å². The minimum atomic E-state index is -0.953. The molecule has 8 heteroatoms. The van der Waals surface area contributed by atoms with Crippen LogP contribution < -0.4 is 0 Å². The number of carbonyl (C=O) groups is 2. The van der Waals surface area contributed by atoms with Gasteiger partial charge in [-0.2, -0.15) is 5.10 Å². The first-order valence-corrected chi connectivity index (χ1v) is 6.65. The predicted octanol–water partition coefficient (Wildman–Crippen LogP) is 1.10. The topological polar surface area (TPSA) is 75.4 Å². The fourth-order valence-corrected chi connectivity index (χ4v) is 2.87. The largest absolute Gasteiger partial charge is 0.481 e. The maximum Gasteiger partial charge on any atom is 0.305 e. The average molecular weight is 297 g/mol. The standard InChI is InChI=1S/C11H11N3O3S2/c1-13-6-7(5-12-13)4-8-10(17)14(11(18)19-8)3-2-9(15)16/h4-6H,2-3H2,1H3,(H,15,16)/b8-4-. The molecule has 100 valence electrons. The lowest BCUT2D eigenvalue weighted by Crippen LogP contribution is -2.30. The van der Waals surface area contributed by atoms with Gasteiger partial charge in [0.25, 0.3) is 5.91 Å². The molecule has 2 rings (SSSR count). The van der Waals surface area contributed by atoms with Crippen LogP contribution in [0.5, 0.6) is 0 Å². The van der Waals surface area contributed by atoms with Crippen LogP contribution in [0.15, 0.2) is 17.3 Å². The molecule has 1 aliphatic heterocycles. The summed E-state index contributed by atoms with van der Waals surface area (Å²) in [5.41, 5.74) is 0.807. The summed E-state index contributed by atoms with van der Waals surface area (Å²) in [4.78, 5) is 24.4. The maximum absolute atomic E-state index is 12.1. The second-order valence-electron chi connectivity index (χ2n) is 3.92. The van der Waals surface area contributed by atoms with Gasteiger partial charge < -0.3 is 5.11 Å². The highest BCUT2D eigenvalue weighted by atomic mass is 32.2. The number of thiocarbonyl (C=S) groups is 1. The molecule has 1 amide bonds. The summed E-state index contributed by atoms with van der Waals surface area (Å²) in [5.74, 6) is -1.20. The van der Waals surface area contributed by atoms with Crippen LogP contribution in [0.2, 0.25) is 0 Å². The zero-order chi connectivity index (χ0) is 14.0. The Bertz CT molecular complexity index is 579. The van der Waals surface area contributed by atoms with E-state index in [1.807, 2.05) is 0 Å². The molecule has 19 heavy (non-hydrogen) atoms. The first-order valence-electron chi connectivity index (χ1n) is 5.43. The second-order valence-corrected chi connectivity index (χ2v) is 5.60. The van der Waals surface area contributed by atoms with Crippen molar-refractivity contribution in [2.75, 3.05) is 6.54 Å². The van der Waals surface area contributed by atoms with E-state index in [-0.39, 0.29) is 18.9 Å². The van der Waals surface area contributed by atoms with Gasteiger partial charge in [0.15, 0.2) is 0 Å². The third-order valence-corrected chi connectivity index (χ3v) is 3.82. The van der Waals surface area contributed by atoms with Gasteiger partial charge >= 0.3 is 5.97 Å². The van der Waals surface area contributed by atoms with Gasteiger partial charge in [-0.3, -0.25) is 19.2 Å². The number of carboxylic acid groups (broad SMARTS) is 1. The molecule has 0 atom stereocenters. The van der Waals surface area contributed by atoms with E-state index in [1.54, 1.807) is 30.2 Å². The molecule has 0 aromatic carbocycles. The molecule has 0 unspecified atom stereocenters. The summed E-state index contributed by atoms with van der Waals surface area (Å²) < 4.78 is 2.03. The molecule has 1 fully saturated rings. The number of hydrogen-bond acceptors (Lipinski definition) is 5. The SMILES string of the molecule is Cn1cc(/C=C2\SC(=S)N(CCC(=O)O)C2=O)cn1. The quantitative estimate of drug-likeness (QED) is 0.662. The lowest BCUT2D eigenvalue weighted by molar-refractivity contribution is -0.137. The molecular formula is C11H11N3O3S2. The summed E-state index contributed by atoms with van der Waals surface area (Å²) >= 11 is 6.26. The van der Waals surface area contributed by atoms with E-state index in [1.165, 1.54) is 16.7 Å². The van der Waals surface area contributed by atoms with Crippen LogP contribution in [0.1, 0.15) is 12.0 Å². The summed E-state index contributed by atoms with van der Waals surface area (Å²) in [6.07, 6.45) is 5.01. The van der Waals surface area contributed by atoms with Crippen molar-refractivity contribution in [2.24, 2.45) is 7.05 Å². The number of thioether (sulfide) groups is 1. The van der Waals surface area contributed by atoms with Gasteiger partial charge in [0, 0.05) is 25.4 Å². The van der Waals surface area contributed by atoms with Crippen molar-refractivity contribution in [3.8, 4) is 0 Å². The molecule has 0 radical (unpaired) electrons. The highest BCUT2D eigenvalue weighted by molar-refractivity contribution is 8.26. The fraction of sp³-hybridized carbons (Fsp3) is 0.273. The van der Waals surface area contributed by atoms with Gasteiger partial charge in [-0.1, -0.05) is 24.0 Å². The van der Waals surface area contributed by atoms with Crippen LogP contribution in [0.3, 0.4) is 0 Å². The molecule has 1 aliphatic rings. The molecule has 0 spiro atoms. The van der Waals surface area contributed by atoms with Gasteiger partial charge in [-0.15, -0.1) is 0 Å². The van der Waals surface area contributed by atoms with Crippen LogP contribution in [-0.2, 0) is 16.6 Å². The lowest BCUT2D eigenvalue weighted by Gasteiger charge is -2.12. The van der Waals surface area contributed by atoms with Crippen molar-refractivity contribution < 1.29 is 14.7 Å². The summed E-state index contributed by atoms with van der Waals surface area (Å²) in [5, 5.41) is 12.6. The van der Waals surface area contributed by atoms with Crippen molar-refractivity contribution >= 4 is 46.3 Å². The molecule has 0 aliphatic carbocycles. The third-order valence-electron chi connectivity index (χ3n) is 2.45. The number of carboxylic acids is 1. The monoisotopic (exact) mass is 297 g/mol. The van der Waals surface area contributed by atoms with E-state index >= 15 is 0 Å². The van der Waals surface area contributed by atoms with Gasteiger partial charge in [-0.25, -0.2) is 0 Å². The molecule has 1 aromatic heterocycles. The number of aliphatic carboxylic acids is 1. The van der Waals surface area contributed by atoms with Crippen molar-refractivity contribution in [2.45, 2.75) is 6.42 Å². The summed E-state index contributed by atoms with van der Waals surface area (Å²) in [6.45, 7) is 0.102. The van der Waals surface area contributed by atoms with E-state index in [4.69, 9.17) is 17.3 Å². The maximum atomic E-state index is 12.1. The van der Waals surface area contributed by atoms with Crippen LogP contribution in [-0.4, -0.2) is 42.5 Å². The van der Waals surface area contributed by atoms with Crippen LogP contribution >= 0.6 is 24.0 Å². The van der Waals surface area contributed by atoms with Gasteiger partial charge in [-0.05, 0) is 6.08 Å². The highest BCUT2D eigenvalue weighted by Gasteiger charge is 2.32. The van der Waals surface area contributed by atoms with E-state index in [9.17, 15) is 9.59 Å². The van der Waals surface area contributed by atoms with E-state index < -0.39 is 5.97 Å². The Hall–Kier alpha value is -1.67. The first kappa shape index (κ1) is 13.8. The van der Waals surface area contributed by atoms with Gasteiger partial charge in [0.05, 0.1) is 17.5 Å². The number of aryl methyl sites for hydroxylation is 1. The third kappa shape index (κ3) is 3.21. The Kier molecular flexibility index (Phi) is 4.01. The number of aromatic nitrogens is 2. The smallest absolute Gasteiger partial charge is 0.305 e. The minimum Gasteiger partial charge on any atom is -0.481 e. The van der Waals surface area contributed by atoms with Crippen LogP contribution in [0.25, 0.3) is 6.08 Å². The predicted molar refractivity (Wildman–Crippen MR) is 75.3 cm³/mol. The number of carbonyl (C=O) groups excluding carboxylic acids is 1. The van der Waals surface area contributed by atoms with Crippen LogP contribution in [0, 0.1) is 0 Å². The Morgan fingerprint density at radius 1 is 1.63 bits per heavy atom. The summed E-state index contributed by atoms with van der Waals surface area (Å²) in [6, 6.07) is 0. The highest BCUT2D eigenvalue weighted by Crippen LogP contribution is 2.32. The van der Waals surface area contributed by atoms with E-state index in [0.717, 1.165) is 5.56 Å².